The Morgan fingerprint density at radius 3 is 0.806 bits per heavy atom. The van der Waals surface area contributed by atoms with Gasteiger partial charge in [0.25, 0.3) is 0 Å². The van der Waals surface area contributed by atoms with E-state index in [1.165, 1.54) is 7.11 Å². The average molecular weight is 2540 g/mol. The van der Waals surface area contributed by atoms with Crippen molar-refractivity contribution < 1.29 is 330 Å². The molecule has 2 atom stereocenters. The van der Waals surface area contributed by atoms with Crippen molar-refractivity contribution in [3.05, 3.63) is 0 Å². The Kier molecular flexibility index (Phi) is 52.6. The number of ether oxygens (including phenoxy) is 8. The molecule has 376 valence electrons. The largest absolute Gasteiger partial charge is 0.464 e. The molecule has 0 fully saturated rings. The van der Waals surface area contributed by atoms with E-state index in [9.17, 15) is 74.4 Å². The molecule has 2 unspecified atom stereocenters. The van der Waals surface area contributed by atoms with E-state index in [0.29, 0.717) is 0 Å². The van der Waals surface area contributed by atoms with Gasteiger partial charge in [-0.3, -0.25) is 28.8 Å². The van der Waals surface area contributed by atoms with Crippen LogP contribution in [-0.4, -0.2) is 194 Å². The number of aliphatic hydroxyl groups is 8. The van der Waals surface area contributed by atoms with E-state index in [-0.39, 0.29) is 231 Å². The van der Waals surface area contributed by atoms with Gasteiger partial charge >= 0.3 is 41.8 Å². The molecule has 0 aromatic rings. The van der Waals surface area contributed by atoms with Crippen LogP contribution in [0, 0.1) is 250 Å². The Morgan fingerprint density at radius 2 is 0.537 bits per heavy atom. The van der Waals surface area contributed by atoms with Gasteiger partial charge in [0.15, 0.2) is 0 Å². The Bertz CT molecular complexity index is 1440. The van der Waals surface area contributed by atoms with E-state index >= 15 is 0 Å². The van der Waals surface area contributed by atoms with Crippen LogP contribution in [0.1, 0.15) is 48.5 Å². The van der Waals surface area contributed by atoms with Gasteiger partial charge in [0.05, 0.1) is 59.5 Å². The summed E-state index contributed by atoms with van der Waals surface area (Å²) in [6, 6.07) is 0. The molecule has 0 bridgehead atoms. The van der Waals surface area contributed by atoms with Crippen molar-refractivity contribution in [2.75, 3.05) is 106 Å². The molecule has 0 heterocycles. The monoisotopic (exact) mass is 2540 g/mol. The third-order valence-corrected chi connectivity index (χ3v) is 9.58. The number of rotatable bonds is 29. The summed E-state index contributed by atoms with van der Waals surface area (Å²) in [5.74, 6) is -8.97. The second kappa shape index (κ2) is 40.5. The van der Waals surface area contributed by atoms with E-state index in [2.05, 4.69) is 0 Å². The minimum absolute atomic E-state index is 0. The predicted octanol–water partition coefficient (Wildman–Crippen LogP) is -3.83. The summed E-state index contributed by atoms with van der Waals surface area (Å²) >= 11 is 0. The fourth-order valence-corrected chi connectivity index (χ4v) is 3.84. The first-order chi connectivity index (χ1) is 27.7. The van der Waals surface area contributed by atoms with Gasteiger partial charge in [-0.05, 0) is 48.5 Å². The zero-order chi connectivity index (χ0) is 46.8. The molecular weight excluding hydrogens is 2480 g/mol. The Balaban J connectivity index is -0.000000829. The van der Waals surface area contributed by atoms with E-state index in [4.69, 9.17) is 37.9 Å². The van der Waals surface area contributed by atoms with Crippen LogP contribution in [0.4, 0.5) is 0 Å². The summed E-state index contributed by atoms with van der Waals surface area (Å²) in [6.45, 7) is -5.15. The van der Waals surface area contributed by atoms with Crippen LogP contribution in [0.2, 0.25) is 0 Å². The Labute approximate surface area is 555 Å². The van der Waals surface area contributed by atoms with E-state index in [1.54, 1.807) is 0 Å². The van der Waals surface area contributed by atoms with Crippen molar-refractivity contribution in [2.24, 2.45) is 32.5 Å². The quantitative estimate of drug-likeness (QED) is 0.0202. The Hall–Kier alpha value is 3.29. The number of aliphatic hydroxyl groups excluding tert-OH is 8. The summed E-state index contributed by atoms with van der Waals surface area (Å²) in [7, 11) is 1.29. The van der Waals surface area contributed by atoms with Gasteiger partial charge in [0.2, 0.25) is 5.60 Å². The molecule has 23 nitrogen and oxygen atoms in total. The Morgan fingerprint density at radius 1 is 0.313 bits per heavy atom. The molecule has 0 aliphatic carbocycles. The number of hydrogen-bond donors (Lipinski definition) is 8. The smallest absolute Gasteiger partial charge is 0.354 e. The molecule has 67 heavy (non-hydrogen) atoms. The fourth-order valence-electron chi connectivity index (χ4n) is 3.84. The van der Waals surface area contributed by atoms with Crippen molar-refractivity contribution in [1.82, 2.24) is 0 Å². The maximum absolute atomic E-state index is 13.8. The third-order valence-electron chi connectivity index (χ3n) is 9.58. The zero-order valence-corrected chi connectivity index (χ0v) is 68.0. The number of carbonyl (C=O) groups is 7. The molecule has 30 heteroatoms. The maximum atomic E-state index is 13.8. The van der Waals surface area contributed by atoms with Gasteiger partial charge < -0.3 is 78.7 Å². The molecule has 0 aromatic heterocycles. The van der Waals surface area contributed by atoms with Crippen molar-refractivity contribution in [2.45, 2.75) is 54.1 Å². The van der Waals surface area contributed by atoms with E-state index in [1.807, 2.05) is 0 Å². The summed E-state index contributed by atoms with van der Waals surface area (Å²) in [4.78, 5) is 92.4. The van der Waals surface area contributed by atoms with Gasteiger partial charge in [0, 0.05) is 225 Å². The molecule has 0 radical (unpaired) electrons. The predicted molar refractivity (Wildman–Crippen MR) is 197 cm³/mol. The first-order valence-corrected chi connectivity index (χ1v) is 18.4. The van der Waals surface area contributed by atoms with Gasteiger partial charge in [-0.25, -0.2) is 4.79 Å². The molecule has 0 aliphatic heterocycles. The number of esters is 7. The molecule has 0 rings (SSSR count). The molecule has 0 amide bonds. The zero-order valence-electron chi connectivity index (χ0n) is 38.8. The second-order valence-corrected chi connectivity index (χ2v) is 16.3. The van der Waals surface area contributed by atoms with Crippen molar-refractivity contribution in [1.29, 1.82) is 0 Å². The van der Waals surface area contributed by atoms with Crippen LogP contribution >= 0.6 is 0 Å². The summed E-state index contributed by atoms with van der Waals surface area (Å²) in [5, 5.41) is 77.2. The maximum Gasteiger partial charge on any atom is 0.354 e. The van der Waals surface area contributed by atoms with Crippen molar-refractivity contribution in [3.8, 4) is 0 Å². The van der Waals surface area contributed by atoms with Crippen LogP contribution in [0.25, 0.3) is 0 Å². The topological polar surface area (TPSA) is 355 Å². The van der Waals surface area contributed by atoms with Gasteiger partial charge in [-0.2, -0.15) is 0 Å². The summed E-state index contributed by atoms with van der Waals surface area (Å²) in [6.07, 6.45) is 0. The number of methoxy groups -OCH3 is 1. The normalized spacial score (nSPS) is 13.0. The average Bonchev–Trinajstić information content (AvgIpc) is 3.25. The van der Waals surface area contributed by atoms with E-state index in [0.717, 1.165) is 48.5 Å². The minimum atomic E-state index is -2.61. The van der Waals surface area contributed by atoms with E-state index < -0.39 is 166 Å². The van der Waals surface area contributed by atoms with Crippen LogP contribution < -0.4 is 0 Å². The molecule has 0 saturated heterocycles. The fraction of sp³-hybridized carbons (Fsp3) is 0.811. The first-order valence-electron chi connectivity index (χ1n) is 18.4. The molecule has 0 aromatic carbocycles. The van der Waals surface area contributed by atoms with Crippen LogP contribution in [0.15, 0.2) is 0 Å². The SMILES string of the molecule is COCCOC(=O)C(C)(COC(=O)C(C)(COC(=O)C(C)(CO)CO)COC(=O)C(C)(CO)CO)COC(=O)C(C)(COC(=O)C(C)(CO)CO)OC(=O)C(C)(CO)CO.[U].[U].[U].[U].[U].[U].[U]. The van der Waals surface area contributed by atoms with Gasteiger partial charge in [-0.15, -0.1) is 0 Å². The second-order valence-electron chi connectivity index (χ2n) is 16.3. The van der Waals surface area contributed by atoms with Gasteiger partial charge in [0.1, 0.15) is 72.1 Å². The minimum Gasteiger partial charge on any atom is -0.464 e. The van der Waals surface area contributed by atoms with Crippen LogP contribution in [0.3, 0.4) is 0 Å². The molecular formula is C37H62O23U7. The van der Waals surface area contributed by atoms with Crippen LogP contribution in [0.5, 0.6) is 0 Å². The standard InChI is InChI=1S/C37H62O23.7U/c1-31(11-38,12-39)24(46)55-20-36(6,21-56-25(47)32(2,13-40)14-41)28(50)57-19-35(5,27(49)54-10-9-53-8)22-58-30(52)37(7,60-29(51)34(4,17-44)18-45)23-59-26(48)33(3,15-42)16-43;;;;;;;/h38-45H,9-23H2,1-8H3;;;;;;;. The van der Waals surface area contributed by atoms with Crippen molar-refractivity contribution in [3.63, 3.8) is 0 Å². The summed E-state index contributed by atoms with van der Waals surface area (Å²) < 4.78 is 41.7. The molecule has 8 N–H and O–H groups in total. The van der Waals surface area contributed by atoms with Crippen LogP contribution in [-0.2, 0) is 71.5 Å². The number of hydrogen-bond acceptors (Lipinski definition) is 23. The molecule has 0 saturated carbocycles. The first kappa shape index (κ1) is 87.0. The molecule has 0 spiro atoms. The molecule has 0 aliphatic rings. The van der Waals surface area contributed by atoms with Crippen molar-refractivity contribution >= 4 is 41.8 Å². The van der Waals surface area contributed by atoms with Gasteiger partial charge in [-0.1, -0.05) is 0 Å². The summed E-state index contributed by atoms with van der Waals surface area (Å²) in [5.41, 5.74) is -14.4. The third kappa shape index (κ3) is 26.3. The number of carbonyl (C=O) groups excluding carboxylic acids is 7.